The zero-order valence-electron chi connectivity index (χ0n) is 16.9. The third kappa shape index (κ3) is 5.30. The Morgan fingerprint density at radius 2 is 1.75 bits per heavy atom. The number of rotatable bonds is 4. The van der Waals surface area contributed by atoms with Crippen LogP contribution in [-0.2, 0) is 4.74 Å². The summed E-state index contributed by atoms with van der Waals surface area (Å²) >= 11 is 0. The number of amides is 2. The lowest BCUT2D eigenvalue weighted by molar-refractivity contribution is 0.0437. The monoisotopic (exact) mass is 390 g/mol. The molecule has 1 fully saturated rings. The zero-order chi connectivity index (χ0) is 20.2. The summed E-state index contributed by atoms with van der Waals surface area (Å²) in [5, 5.41) is 6.05. The molecule has 2 N–H and O–H groups in total. The quantitative estimate of drug-likeness (QED) is 0.765. The largest absolute Gasteiger partial charge is 0.454 e. The number of carbonyl (C=O) groups is 2. The van der Waals surface area contributed by atoms with E-state index < -0.39 is 17.2 Å². The van der Waals surface area contributed by atoms with E-state index in [2.05, 4.69) is 10.6 Å². The molecule has 0 unspecified atom stereocenters. The first-order chi connectivity index (χ1) is 13.3. The molecule has 0 atom stereocenters. The van der Waals surface area contributed by atoms with Crippen LogP contribution in [0.3, 0.4) is 0 Å². The van der Waals surface area contributed by atoms with Gasteiger partial charge in [-0.05, 0) is 51.8 Å². The number of hydrogen-bond donors (Lipinski definition) is 2. The third-order valence-electron chi connectivity index (χ3n) is 5.05. The number of fused-ring (bicyclic) bond motifs is 1. The summed E-state index contributed by atoms with van der Waals surface area (Å²) in [5.74, 6) is 1.01. The number of ether oxygens (including phenoxy) is 3. The van der Waals surface area contributed by atoms with Crippen LogP contribution in [0.1, 0.15) is 69.7 Å². The highest BCUT2D eigenvalue weighted by Crippen LogP contribution is 2.32. The Morgan fingerprint density at radius 1 is 1.07 bits per heavy atom. The van der Waals surface area contributed by atoms with Crippen LogP contribution in [0.4, 0.5) is 4.79 Å². The maximum Gasteiger partial charge on any atom is 0.408 e. The molecule has 1 heterocycles. The van der Waals surface area contributed by atoms with E-state index in [4.69, 9.17) is 14.2 Å². The first-order valence-corrected chi connectivity index (χ1v) is 9.95. The molecule has 1 aromatic rings. The lowest BCUT2D eigenvalue weighted by atomic mass is 9.90. The SMILES string of the molecule is CC(C)(C)OC(=O)NC1(CNC(=O)c2ccc3c(c2)OCO3)CCCCCC1. The second-order valence-electron chi connectivity index (χ2n) is 8.57. The molecule has 1 aromatic carbocycles. The highest BCUT2D eigenvalue weighted by atomic mass is 16.7. The molecular formula is C21H30N2O5. The first-order valence-electron chi connectivity index (χ1n) is 9.95. The van der Waals surface area contributed by atoms with Crippen molar-refractivity contribution < 1.29 is 23.8 Å². The van der Waals surface area contributed by atoms with Crippen LogP contribution in [0.15, 0.2) is 18.2 Å². The van der Waals surface area contributed by atoms with Gasteiger partial charge >= 0.3 is 6.09 Å². The van der Waals surface area contributed by atoms with Crippen LogP contribution < -0.4 is 20.1 Å². The minimum Gasteiger partial charge on any atom is -0.454 e. The van der Waals surface area contributed by atoms with Gasteiger partial charge in [0.25, 0.3) is 5.91 Å². The minimum absolute atomic E-state index is 0.170. The van der Waals surface area contributed by atoms with Crippen molar-refractivity contribution in [3.05, 3.63) is 23.8 Å². The van der Waals surface area contributed by atoms with Crippen molar-refractivity contribution in [2.45, 2.75) is 70.4 Å². The van der Waals surface area contributed by atoms with Crippen LogP contribution in [0.2, 0.25) is 0 Å². The van der Waals surface area contributed by atoms with E-state index >= 15 is 0 Å². The Balaban J connectivity index is 1.67. The standard InChI is InChI=1S/C21H30N2O5/c1-20(2,3)28-19(25)23-21(10-6-4-5-7-11-21)13-22-18(24)15-8-9-16-17(12-15)27-14-26-16/h8-9,12H,4-7,10-11,13-14H2,1-3H3,(H,22,24)(H,23,25). The van der Waals surface area contributed by atoms with E-state index in [1.165, 1.54) is 0 Å². The van der Waals surface area contributed by atoms with Crippen molar-refractivity contribution >= 4 is 12.0 Å². The predicted molar refractivity (Wildman–Crippen MR) is 105 cm³/mol. The zero-order valence-corrected chi connectivity index (χ0v) is 16.9. The Hall–Kier alpha value is -2.44. The van der Waals surface area contributed by atoms with Crippen molar-refractivity contribution in [1.29, 1.82) is 0 Å². The van der Waals surface area contributed by atoms with E-state index in [9.17, 15) is 9.59 Å². The summed E-state index contributed by atoms with van der Waals surface area (Å²) in [6.07, 6.45) is 5.47. The normalized spacial score (nSPS) is 18.1. The average molecular weight is 390 g/mol. The van der Waals surface area contributed by atoms with Crippen LogP contribution in [0, 0.1) is 0 Å². The topological polar surface area (TPSA) is 85.9 Å². The molecule has 154 valence electrons. The lowest BCUT2D eigenvalue weighted by Gasteiger charge is -2.35. The van der Waals surface area contributed by atoms with Gasteiger partial charge in [-0.3, -0.25) is 4.79 Å². The van der Waals surface area contributed by atoms with Crippen LogP contribution in [0.25, 0.3) is 0 Å². The van der Waals surface area contributed by atoms with Crippen molar-refractivity contribution in [1.82, 2.24) is 10.6 Å². The second kappa shape index (κ2) is 8.29. The molecule has 7 nitrogen and oxygen atoms in total. The van der Waals surface area contributed by atoms with Crippen LogP contribution in [0.5, 0.6) is 11.5 Å². The Bertz CT molecular complexity index is 718. The summed E-state index contributed by atoms with van der Waals surface area (Å²) < 4.78 is 16.1. The second-order valence-corrected chi connectivity index (χ2v) is 8.57. The summed E-state index contributed by atoms with van der Waals surface area (Å²) in [6.45, 7) is 6.05. The molecule has 1 aliphatic carbocycles. The van der Waals surface area contributed by atoms with E-state index in [1.807, 2.05) is 20.8 Å². The van der Waals surface area contributed by atoms with E-state index in [1.54, 1.807) is 18.2 Å². The number of benzene rings is 1. The smallest absolute Gasteiger partial charge is 0.408 e. The molecule has 0 saturated heterocycles. The van der Waals surface area contributed by atoms with Gasteiger partial charge < -0.3 is 24.8 Å². The van der Waals surface area contributed by atoms with Gasteiger partial charge in [0, 0.05) is 12.1 Å². The van der Waals surface area contributed by atoms with Gasteiger partial charge in [-0.15, -0.1) is 0 Å². The Kier molecular flexibility index (Phi) is 6.01. The molecule has 7 heteroatoms. The highest BCUT2D eigenvalue weighted by Gasteiger charge is 2.34. The highest BCUT2D eigenvalue weighted by molar-refractivity contribution is 5.95. The van der Waals surface area contributed by atoms with Gasteiger partial charge in [-0.1, -0.05) is 25.7 Å². The molecule has 2 amide bonds. The summed E-state index contributed by atoms with van der Waals surface area (Å²) in [5.41, 5.74) is -0.554. The average Bonchev–Trinajstić information content (AvgIpc) is 2.97. The molecular weight excluding hydrogens is 360 g/mol. The predicted octanol–water partition coefficient (Wildman–Crippen LogP) is 3.76. The molecule has 0 radical (unpaired) electrons. The number of carbonyl (C=O) groups excluding carboxylic acids is 2. The van der Waals surface area contributed by atoms with Gasteiger partial charge in [0.2, 0.25) is 6.79 Å². The summed E-state index contributed by atoms with van der Waals surface area (Å²) in [6, 6.07) is 5.13. The van der Waals surface area contributed by atoms with Crippen molar-refractivity contribution in [3.63, 3.8) is 0 Å². The van der Waals surface area contributed by atoms with Crippen LogP contribution in [-0.4, -0.2) is 36.5 Å². The number of alkyl carbamates (subject to hydrolysis) is 1. The molecule has 2 aliphatic rings. The van der Waals surface area contributed by atoms with Crippen molar-refractivity contribution in [3.8, 4) is 11.5 Å². The fourth-order valence-electron chi connectivity index (χ4n) is 3.66. The number of nitrogens with one attached hydrogen (secondary N) is 2. The molecule has 0 aromatic heterocycles. The summed E-state index contributed by atoms with van der Waals surface area (Å²) in [7, 11) is 0. The Morgan fingerprint density at radius 3 is 2.43 bits per heavy atom. The van der Waals surface area contributed by atoms with Gasteiger partial charge in [0.1, 0.15) is 5.60 Å². The van der Waals surface area contributed by atoms with E-state index in [0.717, 1.165) is 38.5 Å². The van der Waals surface area contributed by atoms with Crippen LogP contribution >= 0.6 is 0 Å². The fraction of sp³-hybridized carbons (Fsp3) is 0.619. The first kappa shape index (κ1) is 20.3. The molecule has 1 saturated carbocycles. The van der Waals surface area contributed by atoms with Gasteiger partial charge in [0.05, 0.1) is 5.54 Å². The summed E-state index contributed by atoms with van der Waals surface area (Å²) in [4.78, 5) is 25.1. The number of hydrogen-bond acceptors (Lipinski definition) is 5. The van der Waals surface area contributed by atoms with E-state index in [-0.39, 0.29) is 12.7 Å². The van der Waals surface area contributed by atoms with Gasteiger partial charge in [0.15, 0.2) is 11.5 Å². The van der Waals surface area contributed by atoms with Crippen molar-refractivity contribution in [2.75, 3.05) is 13.3 Å². The maximum absolute atomic E-state index is 12.7. The van der Waals surface area contributed by atoms with Crippen molar-refractivity contribution in [2.24, 2.45) is 0 Å². The molecule has 3 rings (SSSR count). The fourth-order valence-corrected chi connectivity index (χ4v) is 3.66. The molecule has 0 bridgehead atoms. The van der Waals surface area contributed by atoms with Gasteiger partial charge in [-0.2, -0.15) is 0 Å². The molecule has 0 spiro atoms. The minimum atomic E-state index is -0.564. The third-order valence-corrected chi connectivity index (χ3v) is 5.05. The lowest BCUT2D eigenvalue weighted by Crippen LogP contribution is -2.56. The molecule has 28 heavy (non-hydrogen) atoms. The van der Waals surface area contributed by atoms with E-state index in [0.29, 0.717) is 23.6 Å². The Labute approximate surface area is 166 Å². The van der Waals surface area contributed by atoms with Gasteiger partial charge in [-0.25, -0.2) is 4.79 Å². The molecule has 1 aliphatic heterocycles. The maximum atomic E-state index is 12.7.